The summed E-state index contributed by atoms with van der Waals surface area (Å²) in [5.74, 6) is 1.12. The third-order valence-electron chi connectivity index (χ3n) is 2.28. The second-order valence-corrected chi connectivity index (χ2v) is 4.68. The van der Waals surface area contributed by atoms with E-state index in [4.69, 9.17) is 5.11 Å². The van der Waals surface area contributed by atoms with Crippen LogP contribution < -0.4 is 10.9 Å². The van der Waals surface area contributed by atoms with Crippen molar-refractivity contribution in [3.8, 4) is 0 Å². The molecule has 1 aromatic heterocycles. The monoisotopic (exact) mass is 243 g/mol. The van der Waals surface area contributed by atoms with E-state index < -0.39 is 0 Å². The normalized spacial score (nSPS) is 14.5. The maximum absolute atomic E-state index is 11.2. The molecule has 16 heavy (non-hydrogen) atoms. The number of aliphatic hydroxyl groups is 1. The van der Waals surface area contributed by atoms with Crippen LogP contribution in [0, 0.1) is 6.92 Å². The van der Waals surface area contributed by atoms with Crippen molar-refractivity contribution in [2.24, 2.45) is 0 Å². The van der Waals surface area contributed by atoms with Gasteiger partial charge in [-0.3, -0.25) is 4.79 Å². The highest BCUT2D eigenvalue weighted by atomic mass is 32.2. The lowest BCUT2D eigenvalue weighted by molar-refractivity contribution is 0.288. The predicted molar refractivity (Wildman–Crippen MR) is 67.1 cm³/mol. The van der Waals surface area contributed by atoms with Gasteiger partial charge in [0.1, 0.15) is 11.6 Å². The number of thioether (sulfide) groups is 1. The molecule has 0 amide bonds. The van der Waals surface area contributed by atoms with Crippen LogP contribution in [0.3, 0.4) is 0 Å². The minimum absolute atomic E-state index is 0.0497. The summed E-state index contributed by atoms with van der Waals surface area (Å²) in [5, 5.41) is 12.3. The van der Waals surface area contributed by atoms with E-state index in [1.165, 1.54) is 6.07 Å². The molecule has 0 saturated heterocycles. The summed E-state index contributed by atoms with van der Waals surface area (Å²) >= 11 is 1.58. The van der Waals surface area contributed by atoms with Crippen molar-refractivity contribution in [3.05, 3.63) is 22.2 Å². The van der Waals surface area contributed by atoms with E-state index in [9.17, 15) is 4.79 Å². The van der Waals surface area contributed by atoms with Gasteiger partial charge < -0.3 is 15.4 Å². The minimum atomic E-state index is -0.174. The Kier molecular flexibility index (Phi) is 4.82. The van der Waals surface area contributed by atoms with Crippen molar-refractivity contribution < 1.29 is 5.11 Å². The fourth-order valence-electron chi connectivity index (χ4n) is 1.42. The van der Waals surface area contributed by atoms with Crippen LogP contribution in [-0.2, 0) is 0 Å². The van der Waals surface area contributed by atoms with E-state index in [0.717, 1.165) is 0 Å². The largest absolute Gasteiger partial charge is 0.395 e. The molecule has 0 aliphatic heterocycles. The molecule has 2 atom stereocenters. The first-order chi connectivity index (χ1) is 7.56. The molecule has 0 saturated carbocycles. The maximum atomic E-state index is 11.2. The van der Waals surface area contributed by atoms with Crippen LogP contribution in [-0.4, -0.2) is 39.2 Å². The van der Waals surface area contributed by atoms with Gasteiger partial charge in [-0.1, -0.05) is 0 Å². The first-order valence-corrected chi connectivity index (χ1v) is 6.33. The highest BCUT2D eigenvalue weighted by molar-refractivity contribution is 7.99. The second-order valence-electron chi connectivity index (χ2n) is 3.61. The van der Waals surface area contributed by atoms with Gasteiger partial charge >= 0.3 is 0 Å². The summed E-state index contributed by atoms with van der Waals surface area (Å²) in [5.41, 5.74) is -0.174. The van der Waals surface area contributed by atoms with Crippen molar-refractivity contribution in [1.82, 2.24) is 9.97 Å². The summed E-state index contributed by atoms with van der Waals surface area (Å²) in [4.78, 5) is 18.0. The summed E-state index contributed by atoms with van der Waals surface area (Å²) < 4.78 is 0. The van der Waals surface area contributed by atoms with Crippen molar-refractivity contribution in [2.45, 2.75) is 25.1 Å². The van der Waals surface area contributed by atoms with Crippen LogP contribution in [0.25, 0.3) is 0 Å². The number of nitrogens with zero attached hydrogens (tertiary/aromatic N) is 1. The van der Waals surface area contributed by atoms with Crippen LogP contribution in [0.2, 0.25) is 0 Å². The van der Waals surface area contributed by atoms with Crippen molar-refractivity contribution in [3.63, 3.8) is 0 Å². The van der Waals surface area contributed by atoms with Gasteiger partial charge in [0.15, 0.2) is 0 Å². The molecule has 6 heteroatoms. The van der Waals surface area contributed by atoms with E-state index in [1.807, 2.05) is 13.2 Å². The van der Waals surface area contributed by atoms with Crippen molar-refractivity contribution >= 4 is 17.6 Å². The summed E-state index contributed by atoms with van der Waals surface area (Å²) in [6, 6.07) is 1.46. The number of H-pyrrole nitrogens is 1. The SMILES string of the molecule is CSC(CO)C(C)Nc1cc(=O)[nH]c(C)n1. The lowest BCUT2D eigenvalue weighted by Crippen LogP contribution is -2.31. The maximum Gasteiger partial charge on any atom is 0.252 e. The Morgan fingerprint density at radius 1 is 1.69 bits per heavy atom. The number of aryl methyl sites for hydroxylation is 1. The third kappa shape index (κ3) is 3.53. The number of aromatic amines is 1. The first kappa shape index (κ1) is 13.1. The molecule has 1 aromatic rings. The van der Waals surface area contributed by atoms with Crippen LogP contribution in [0.5, 0.6) is 0 Å². The van der Waals surface area contributed by atoms with Crippen molar-refractivity contribution in [1.29, 1.82) is 0 Å². The quantitative estimate of drug-likeness (QED) is 0.706. The number of rotatable bonds is 5. The summed E-state index contributed by atoms with van der Waals surface area (Å²) in [6.07, 6.45) is 1.94. The highest BCUT2D eigenvalue weighted by Crippen LogP contribution is 2.13. The number of aliphatic hydroxyl groups excluding tert-OH is 1. The van der Waals surface area contributed by atoms with Gasteiger partial charge in [-0.25, -0.2) is 4.98 Å². The number of aromatic nitrogens is 2. The fourth-order valence-corrected chi connectivity index (χ4v) is 2.04. The van der Waals surface area contributed by atoms with Gasteiger partial charge in [-0.05, 0) is 20.1 Å². The average Bonchev–Trinajstić information content (AvgIpc) is 2.17. The molecule has 90 valence electrons. The molecule has 0 aliphatic rings. The zero-order valence-electron chi connectivity index (χ0n) is 9.65. The van der Waals surface area contributed by atoms with E-state index in [1.54, 1.807) is 18.7 Å². The molecule has 3 N–H and O–H groups in total. The van der Waals surface area contributed by atoms with Crippen LogP contribution in [0.1, 0.15) is 12.7 Å². The van der Waals surface area contributed by atoms with E-state index in [0.29, 0.717) is 11.6 Å². The molecule has 2 unspecified atom stereocenters. The first-order valence-electron chi connectivity index (χ1n) is 5.05. The highest BCUT2D eigenvalue weighted by Gasteiger charge is 2.15. The van der Waals surface area contributed by atoms with E-state index in [2.05, 4.69) is 15.3 Å². The van der Waals surface area contributed by atoms with E-state index in [-0.39, 0.29) is 23.5 Å². The molecule has 0 aliphatic carbocycles. The molecular weight excluding hydrogens is 226 g/mol. The fraction of sp³-hybridized carbons (Fsp3) is 0.600. The smallest absolute Gasteiger partial charge is 0.252 e. The molecule has 0 radical (unpaired) electrons. The minimum Gasteiger partial charge on any atom is -0.395 e. The second kappa shape index (κ2) is 5.91. The van der Waals surface area contributed by atoms with Crippen molar-refractivity contribution in [2.75, 3.05) is 18.2 Å². The molecule has 5 nitrogen and oxygen atoms in total. The topological polar surface area (TPSA) is 78.0 Å². The lowest BCUT2D eigenvalue weighted by Gasteiger charge is -2.21. The zero-order valence-corrected chi connectivity index (χ0v) is 10.5. The van der Waals surface area contributed by atoms with Crippen LogP contribution in [0.4, 0.5) is 5.82 Å². The molecular formula is C10H17N3O2S. The predicted octanol–water partition coefficient (Wildman–Crippen LogP) is 0.603. The molecule has 0 aromatic carbocycles. The molecule has 0 bridgehead atoms. The summed E-state index contributed by atoms with van der Waals surface area (Å²) in [6.45, 7) is 3.78. The molecule has 0 spiro atoms. The molecule has 1 rings (SSSR count). The zero-order chi connectivity index (χ0) is 12.1. The van der Waals surface area contributed by atoms with Gasteiger partial charge in [0.25, 0.3) is 5.56 Å². The Balaban J connectivity index is 2.76. The Morgan fingerprint density at radius 2 is 2.38 bits per heavy atom. The molecule has 1 heterocycles. The Labute approximate surface area is 98.7 Å². The van der Waals surface area contributed by atoms with Gasteiger partial charge in [0.05, 0.1) is 6.61 Å². The summed E-state index contributed by atoms with van der Waals surface area (Å²) in [7, 11) is 0. The number of hydrogen-bond acceptors (Lipinski definition) is 5. The Hall–Kier alpha value is -1.01. The number of anilines is 1. The van der Waals surface area contributed by atoms with Gasteiger partial charge in [0.2, 0.25) is 0 Å². The number of hydrogen-bond donors (Lipinski definition) is 3. The third-order valence-corrected chi connectivity index (χ3v) is 3.44. The van der Waals surface area contributed by atoms with Crippen LogP contribution >= 0.6 is 11.8 Å². The lowest BCUT2D eigenvalue weighted by atomic mass is 10.2. The van der Waals surface area contributed by atoms with Crippen LogP contribution in [0.15, 0.2) is 10.9 Å². The van der Waals surface area contributed by atoms with Gasteiger partial charge in [-0.2, -0.15) is 11.8 Å². The van der Waals surface area contributed by atoms with Gasteiger partial charge in [-0.15, -0.1) is 0 Å². The van der Waals surface area contributed by atoms with E-state index >= 15 is 0 Å². The standard InChI is InChI=1S/C10H17N3O2S/c1-6(8(5-14)16-3)11-9-4-10(15)13-7(2)12-9/h4,6,8,14H,5H2,1-3H3,(H2,11,12,13,15). The van der Waals surface area contributed by atoms with Gasteiger partial charge in [0, 0.05) is 17.4 Å². The molecule has 0 fully saturated rings. The Bertz CT molecular complexity index is 390. The Morgan fingerprint density at radius 3 is 2.88 bits per heavy atom. The number of nitrogens with one attached hydrogen (secondary N) is 2. The average molecular weight is 243 g/mol.